The van der Waals surface area contributed by atoms with E-state index in [1.165, 1.54) is 11.1 Å². The van der Waals surface area contributed by atoms with Crippen LogP contribution in [0, 0.1) is 0 Å². The quantitative estimate of drug-likeness (QED) is 0.804. The Balaban J connectivity index is 2.49. The summed E-state index contributed by atoms with van der Waals surface area (Å²) >= 11 is 5.40. The largest absolute Gasteiger partial charge is 0.489 e. The Kier molecular flexibility index (Phi) is 5.90. The summed E-state index contributed by atoms with van der Waals surface area (Å²) in [6.45, 7) is 4.44. The van der Waals surface area contributed by atoms with Gasteiger partial charge in [-0.1, -0.05) is 30.7 Å². The second kappa shape index (κ2) is 7.32. The summed E-state index contributed by atoms with van der Waals surface area (Å²) in [5, 5.41) is 3.27. The van der Waals surface area contributed by atoms with Gasteiger partial charge in [0, 0.05) is 12.1 Å². The molecule has 1 aromatic rings. The molecule has 2 nitrogen and oxygen atoms in total. The highest BCUT2D eigenvalue weighted by Gasteiger charge is 1.95. The average molecular weight is 226 g/mol. The van der Waals surface area contributed by atoms with Crippen LogP contribution in [0.25, 0.3) is 0 Å². The van der Waals surface area contributed by atoms with Crippen LogP contribution >= 0.6 is 11.6 Å². The summed E-state index contributed by atoms with van der Waals surface area (Å²) in [4.78, 5) is 0. The minimum Gasteiger partial charge on any atom is -0.489 e. The van der Waals surface area contributed by atoms with Gasteiger partial charge >= 0.3 is 0 Å². The molecule has 0 aliphatic rings. The third-order valence-electron chi connectivity index (χ3n) is 1.91. The molecule has 3 heteroatoms. The zero-order chi connectivity index (χ0) is 10.9. The zero-order valence-electron chi connectivity index (χ0n) is 8.87. The number of hydrogen-bond donors (Lipinski definition) is 1. The standard InChI is InChI=1S/C12H16ClNO/c1-2-14-10-11-5-3-6-12(9-11)15-8-4-7-13/h3-7,9,14H,2,8,10H2,1H3/b7-4+. The topological polar surface area (TPSA) is 21.3 Å². The molecule has 0 aromatic heterocycles. The van der Waals surface area contributed by atoms with Gasteiger partial charge in [-0.3, -0.25) is 0 Å². The molecule has 0 saturated heterocycles. The van der Waals surface area contributed by atoms with E-state index in [1.807, 2.05) is 18.2 Å². The monoisotopic (exact) mass is 225 g/mol. The van der Waals surface area contributed by atoms with Crippen LogP contribution in [0.2, 0.25) is 0 Å². The minimum absolute atomic E-state index is 0.508. The Morgan fingerprint density at radius 2 is 2.33 bits per heavy atom. The smallest absolute Gasteiger partial charge is 0.120 e. The van der Waals surface area contributed by atoms with Crippen molar-refractivity contribution in [2.24, 2.45) is 0 Å². The van der Waals surface area contributed by atoms with Gasteiger partial charge in [-0.05, 0) is 30.3 Å². The molecular formula is C12H16ClNO. The van der Waals surface area contributed by atoms with Crippen molar-refractivity contribution in [3.05, 3.63) is 41.4 Å². The molecule has 0 saturated carbocycles. The molecule has 0 amide bonds. The van der Waals surface area contributed by atoms with E-state index in [4.69, 9.17) is 16.3 Å². The van der Waals surface area contributed by atoms with Crippen LogP contribution in [0.15, 0.2) is 35.9 Å². The van der Waals surface area contributed by atoms with E-state index in [9.17, 15) is 0 Å². The second-order valence-electron chi connectivity index (χ2n) is 3.10. The summed E-state index contributed by atoms with van der Waals surface area (Å²) in [5.41, 5.74) is 2.69. The predicted octanol–water partition coefficient (Wildman–Crippen LogP) is 2.93. The van der Waals surface area contributed by atoms with Gasteiger partial charge in [0.1, 0.15) is 12.4 Å². The van der Waals surface area contributed by atoms with E-state index in [2.05, 4.69) is 18.3 Å². The van der Waals surface area contributed by atoms with Gasteiger partial charge in [-0.15, -0.1) is 0 Å². The Bertz CT molecular complexity index is 312. The molecule has 0 bridgehead atoms. The van der Waals surface area contributed by atoms with Gasteiger partial charge in [0.25, 0.3) is 0 Å². The number of rotatable bonds is 6. The fourth-order valence-electron chi connectivity index (χ4n) is 1.20. The Morgan fingerprint density at radius 1 is 1.47 bits per heavy atom. The molecule has 0 radical (unpaired) electrons. The van der Waals surface area contributed by atoms with Crippen molar-refractivity contribution < 1.29 is 4.74 Å². The Labute approximate surface area is 95.9 Å². The molecule has 82 valence electrons. The fourth-order valence-corrected chi connectivity index (χ4v) is 1.27. The summed E-state index contributed by atoms with van der Waals surface area (Å²) in [6, 6.07) is 8.04. The van der Waals surface area contributed by atoms with Crippen molar-refractivity contribution in [1.82, 2.24) is 5.32 Å². The molecular weight excluding hydrogens is 210 g/mol. The lowest BCUT2D eigenvalue weighted by molar-refractivity contribution is 0.362. The summed E-state index contributed by atoms with van der Waals surface area (Å²) in [7, 11) is 0. The lowest BCUT2D eigenvalue weighted by atomic mass is 10.2. The zero-order valence-corrected chi connectivity index (χ0v) is 9.63. The van der Waals surface area contributed by atoms with Crippen LogP contribution in [0.3, 0.4) is 0 Å². The first kappa shape index (κ1) is 12.1. The van der Waals surface area contributed by atoms with Crippen molar-refractivity contribution >= 4 is 11.6 Å². The number of ether oxygens (including phenoxy) is 1. The van der Waals surface area contributed by atoms with Gasteiger partial charge in [0.05, 0.1) is 0 Å². The summed E-state index contributed by atoms with van der Waals surface area (Å²) in [5.74, 6) is 0.875. The van der Waals surface area contributed by atoms with Crippen LogP contribution < -0.4 is 10.1 Å². The number of halogens is 1. The van der Waals surface area contributed by atoms with Crippen LogP contribution in [0.5, 0.6) is 5.75 Å². The van der Waals surface area contributed by atoms with E-state index >= 15 is 0 Å². The van der Waals surface area contributed by atoms with Gasteiger partial charge in [-0.2, -0.15) is 0 Å². The maximum absolute atomic E-state index is 5.47. The van der Waals surface area contributed by atoms with Crippen molar-refractivity contribution in [2.75, 3.05) is 13.2 Å². The van der Waals surface area contributed by atoms with E-state index < -0.39 is 0 Å². The molecule has 0 aliphatic heterocycles. The van der Waals surface area contributed by atoms with E-state index in [1.54, 1.807) is 6.08 Å². The van der Waals surface area contributed by atoms with Crippen molar-refractivity contribution in [2.45, 2.75) is 13.5 Å². The second-order valence-corrected chi connectivity index (χ2v) is 3.35. The first-order valence-electron chi connectivity index (χ1n) is 5.04. The number of nitrogens with one attached hydrogen (secondary N) is 1. The average Bonchev–Trinajstić information content (AvgIpc) is 2.27. The van der Waals surface area contributed by atoms with Crippen molar-refractivity contribution in [3.63, 3.8) is 0 Å². The third-order valence-corrected chi connectivity index (χ3v) is 2.09. The molecule has 1 rings (SSSR count). The highest BCUT2D eigenvalue weighted by molar-refractivity contribution is 6.25. The SMILES string of the molecule is CCNCc1cccc(OC/C=C/Cl)c1. The maximum Gasteiger partial charge on any atom is 0.120 e. The van der Waals surface area contributed by atoms with Crippen LogP contribution in [0.4, 0.5) is 0 Å². The van der Waals surface area contributed by atoms with E-state index in [-0.39, 0.29) is 0 Å². The van der Waals surface area contributed by atoms with E-state index in [0.29, 0.717) is 6.61 Å². The van der Waals surface area contributed by atoms with Gasteiger partial charge in [-0.25, -0.2) is 0 Å². The Hall–Kier alpha value is -0.990. The predicted molar refractivity (Wildman–Crippen MR) is 64.3 cm³/mol. The molecule has 0 unspecified atom stereocenters. The van der Waals surface area contributed by atoms with Gasteiger partial charge in [0.15, 0.2) is 0 Å². The molecule has 1 aromatic carbocycles. The molecule has 1 N–H and O–H groups in total. The first-order valence-corrected chi connectivity index (χ1v) is 5.48. The number of benzene rings is 1. The molecule has 0 aliphatic carbocycles. The first-order chi connectivity index (χ1) is 7.36. The lowest BCUT2D eigenvalue weighted by Gasteiger charge is -2.06. The van der Waals surface area contributed by atoms with E-state index in [0.717, 1.165) is 18.8 Å². The van der Waals surface area contributed by atoms with Crippen LogP contribution in [-0.2, 0) is 6.54 Å². The highest BCUT2D eigenvalue weighted by atomic mass is 35.5. The molecule has 0 fully saturated rings. The number of hydrogen-bond acceptors (Lipinski definition) is 2. The molecule has 0 atom stereocenters. The minimum atomic E-state index is 0.508. The lowest BCUT2D eigenvalue weighted by Crippen LogP contribution is -2.11. The maximum atomic E-state index is 5.47. The summed E-state index contributed by atoms with van der Waals surface area (Å²) in [6.07, 6.45) is 1.76. The van der Waals surface area contributed by atoms with Crippen molar-refractivity contribution in [1.29, 1.82) is 0 Å². The molecule has 15 heavy (non-hydrogen) atoms. The fraction of sp³-hybridized carbons (Fsp3) is 0.333. The summed E-state index contributed by atoms with van der Waals surface area (Å²) < 4.78 is 5.47. The normalized spacial score (nSPS) is 10.8. The van der Waals surface area contributed by atoms with Crippen LogP contribution in [-0.4, -0.2) is 13.2 Å². The molecule has 0 heterocycles. The highest BCUT2D eigenvalue weighted by Crippen LogP contribution is 2.13. The van der Waals surface area contributed by atoms with Crippen molar-refractivity contribution in [3.8, 4) is 5.75 Å². The Morgan fingerprint density at radius 3 is 3.07 bits per heavy atom. The molecule has 0 spiro atoms. The third kappa shape index (κ3) is 4.86. The van der Waals surface area contributed by atoms with Crippen LogP contribution in [0.1, 0.15) is 12.5 Å². The van der Waals surface area contributed by atoms with Gasteiger partial charge < -0.3 is 10.1 Å². The van der Waals surface area contributed by atoms with Gasteiger partial charge in [0.2, 0.25) is 0 Å².